The summed E-state index contributed by atoms with van der Waals surface area (Å²) in [5.41, 5.74) is -3.56. The number of halogens is 7. The van der Waals surface area contributed by atoms with Gasteiger partial charge in [-0.2, -0.15) is 23.0 Å². The van der Waals surface area contributed by atoms with Crippen molar-refractivity contribution >= 4 is 0 Å². The van der Waals surface area contributed by atoms with E-state index in [1.807, 2.05) is 0 Å². The number of aromatic nitrogens is 2. The third kappa shape index (κ3) is 2.51. The summed E-state index contributed by atoms with van der Waals surface area (Å²) in [6, 6.07) is 0. The molecule has 0 amide bonds. The normalized spacial score (nSPS) is 11.9. The number of methoxy groups -OCH3 is 1. The van der Waals surface area contributed by atoms with Gasteiger partial charge in [-0.3, -0.25) is 0 Å². The molecule has 0 fully saturated rings. The molecular weight excluding hydrogens is 333 g/mol. The Hall–Kier alpha value is -2.26. The fourth-order valence-electron chi connectivity index (χ4n) is 2.03. The minimum absolute atomic E-state index is 0.210. The van der Waals surface area contributed by atoms with Crippen molar-refractivity contribution in [2.24, 2.45) is 0 Å². The average Bonchev–Trinajstić information content (AvgIpc) is 2.71. The lowest BCUT2D eigenvalue weighted by molar-refractivity contribution is -0.143. The maximum Gasteiger partial charge on any atom is 0.422 e. The highest BCUT2D eigenvalue weighted by atomic mass is 19.4. The smallest absolute Gasteiger partial charge is 0.422 e. The standard InChI is InChI=1S/C13H9F7N2O/c1-4-5(2)21-22(12(4)23-3)11-9(16)7(14)6(13(18,19)20)8(15)10(11)17/h1-3H3. The van der Waals surface area contributed by atoms with Gasteiger partial charge in [0.25, 0.3) is 0 Å². The molecule has 10 heteroatoms. The zero-order chi connectivity index (χ0) is 17.7. The van der Waals surface area contributed by atoms with Crippen LogP contribution >= 0.6 is 0 Å². The zero-order valence-electron chi connectivity index (χ0n) is 11.9. The molecule has 3 nitrogen and oxygen atoms in total. The van der Waals surface area contributed by atoms with Crippen molar-refractivity contribution in [2.45, 2.75) is 20.0 Å². The van der Waals surface area contributed by atoms with Crippen LogP contribution in [0.1, 0.15) is 16.8 Å². The van der Waals surface area contributed by atoms with Gasteiger partial charge in [-0.1, -0.05) is 0 Å². The van der Waals surface area contributed by atoms with Crippen LogP contribution in [-0.4, -0.2) is 16.9 Å². The van der Waals surface area contributed by atoms with Gasteiger partial charge in [0.1, 0.15) is 11.3 Å². The van der Waals surface area contributed by atoms with Gasteiger partial charge in [0, 0.05) is 5.56 Å². The fourth-order valence-corrected chi connectivity index (χ4v) is 2.03. The topological polar surface area (TPSA) is 27.1 Å². The zero-order valence-corrected chi connectivity index (χ0v) is 11.9. The van der Waals surface area contributed by atoms with Crippen molar-refractivity contribution in [1.29, 1.82) is 0 Å². The molecule has 0 saturated heterocycles. The van der Waals surface area contributed by atoms with Gasteiger partial charge in [-0.05, 0) is 13.8 Å². The van der Waals surface area contributed by atoms with Crippen molar-refractivity contribution in [3.8, 4) is 11.6 Å². The van der Waals surface area contributed by atoms with Gasteiger partial charge < -0.3 is 4.74 Å². The van der Waals surface area contributed by atoms with Crippen LogP contribution in [0.15, 0.2) is 0 Å². The largest absolute Gasteiger partial charge is 0.481 e. The van der Waals surface area contributed by atoms with Crippen molar-refractivity contribution in [1.82, 2.24) is 9.78 Å². The molecule has 126 valence electrons. The van der Waals surface area contributed by atoms with Crippen LogP contribution in [0.4, 0.5) is 30.7 Å². The summed E-state index contributed by atoms with van der Waals surface area (Å²) in [7, 11) is 1.10. The molecule has 0 radical (unpaired) electrons. The van der Waals surface area contributed by atoms with E-state index in [1.54, 1.807) is 0 Å². The lowest BCUT2D eigenvalue weighted by atomic mass is 10.1. The lowest BCUT2D eigenvalue weighted by Gasteiger charge is -2.15. The number of alkyl halides is 3. The average molecular weight is 342 g/mol. The molecule has 0 unspecified atom stereocenters. The maximum atomic E-state index is 14.0. The first-order valence-corrected chi connectivity index (χ1v) is 6.06. The van der Waals surface area contributed by atoms with Gasteiger partial charge >= 0.3 is 6.18 Å². The number of ether oxygens (including phenoxy) is 1. The Morgan fingerprint density at radius 3 is 1.78 bits per heavy atom. The molecule has 0 aliphatic carbocycles. The molecule has 0 bridgehead atoms. The van der Waals surface area contributed by atoms with E-state index in [-0.39, 0.29) is 11.6 Å². The highest BCUT2D eigenvalue weighted by Crippen LogP contribution is 2.39. The third-order valence-corrected chi connectivity index (χ3v) is 3.23. The summed E-state index contributed by atoms with van der Waals surface area (Å²) >= 11 is 0. The number of rotatable bonds is 2. The quantitative estimate of drug-likeness (QED) is 0.608. The van der Waals surface area contributed by atoms with E-state index < -0.39 is 40.7 Å². The Morgan fingerprint density at radius 2 is 1.39 bits per heavy atom. The summed E-state index contributed by atoms with van der Waals surface area (Å²) in [4.78, 5) is 0. The second-order valence-corrected chi connectivity index (χ2v) is 4.61. The summed E-state index contributed by atoms with van der Waals surface area (Å²) in [5, 5.41) is 3.64. The van der Waals surface area contributed by atoms with Crippen molar-refractivity contribution in [2.75, 3.05) is 7.11 Å². The molecule has 1 aromatic carbocycles. The maximum absolute atomic E-state index is 14.0. The molecule has 0 aliphatic rings. The Balaban J connectivity index is 2.89. The molecule has 2 rings (SSSR count). The minimum atomic E-state index is -5.60. The van der Waals surface area contributed by atoms with Crippen LogP contribution in [0, 0.1) is 37.1 Å². The highest BCUT2D eigenvalue weighted by molar-refractivity contribution is 5.45. The highest BCUT2D eigenvalue weighted by Gasteiger charge is 2.43. The predicted octanol–water partition coefficient (Wildman–Crippen LogP) is 4.07. The van der Waals surface area contributed by atoms with Crippen LogP contribution in [0.2, 0.25) is 0 Å². The van der Waals surface area contributed by atoms with Gasteiger partial charge in [0.05, 0.1) is 12.8 Å². The van der Waals surface area contributed by atoms with Crippen LogP contribution in [0.5, 0.6) is 5.88 Å². The first-order valence-electron chi connectivity index (χ1n) is 6.06. The lowest BCUT2D eigenvalue weighted by Crippen LogP contribution is -2.18. The summed E-state index contributed by atoms with van der Waals surface area (Å²) in [6.45, 7) is 2.87. The monoisotopic (exact) mass is 342 g/mol. The van der Waals surface area contributed by atoms with E-state index in [0.29, 0.717) is 10.2 Å². The minimum Gasteiger partial charge on any atom is -0.481 e. The molecule has 0 spiro atoms. The molecule has 0 atom stereocenters. The SMILES string of the molecule is COc1c(C)c(C)nn1-c1c(F)c(F)c(C(F)(F)F)c(F)c1F. The fraction of sp³-hybridized carbons (Fsp3) is 0.308. The molecule has 23 heavy (non-hydrogen) atoms. The van der Waals surface area contributed by atoms with Crippen LogP contribution in [0.3, 0.4) is 0 Å². The first kappa shape index (κ1) is 17.1. The second-order valence-electron chi connectivity index (χ2n) is 4.61. The molecule has 1 aromatic heterocycles. The first-order chi connectivity index (χ1) is 10.5. The van der Waals surface area contributed by atoms with Crippen molar-refractivity contribution in [3.05, 3.63) is 40.1 Å². The van der Waals surface area contributed by atoms with Gasteiger partial charge in [0.2, 0.25) is 5.88 Å². The molecule has 2 aromatic rings. The number of benzene rings is 1. The molecule has 0 N–H and O–H groups in total. The Labute approximate surface area is 125 Å². The van der Waals surface area contributed by atoms with Crippen molar-refractivity contribution < 1.29 is 35.5 Å². The Bertz CT molecular complexity index is 751. The van der Waals surface area contributed by atoms with E-state index in [1.165, 1.54) is 13.8 Å². The predicted molar refractivity (Wildman–Crippen MR) is 64.4 cm³/mol. The van der Waals surface area contributed by atoms with Gasteiger partial charge in [0.15, 0.2) is 23.3 Å². The number of aryl methyl sites for hydroxylation is 1. The van der Waals surface area contributed by atoms with E-state index in [0.717, 1.165) is 7.11 Å². The van der Waals surface area contributed by atoms with E-state index >= 15 is 0 Å². The summed E-state index contributed by atoms with van der Waals surface area (Å²) in [5.74, 6) is -9.83. The van der Waals surface area contributed by atoms with E-state index in [9.17, 15) is 30.7 Å². The molecule has 0 aliphatic heterocycles. The molecular formula is C13H9F7N2O. The second kappa shape index (κ2) is 5.43. The van der Waals surface area contributed by atoms with Crippen LogP contribution in [0.25, 0.3) is 5.69 Å². The van der Waals surface area contributed by atoms with Gasteiger partial charge in [-0.25, -0.2) is 17.6 Å². The Kier molecular flexibility index (Phi) is 4.03. The number of hydrogen-bond acceptors (Lipinski definition) is 2. The summed E-state index contributed by atoms with van der Waals surface area (Å²) < 4.78 is 98.1. The van der Waals surface area contributed by atoms with Crippen LogP contribution < -0.4 is 4.74 Å². The number of hydrogen-bond donors (Lipinski definition) is 0. The number of nitrogens with zero attached hydrogens (tertiary/aromatic N) is 2. The van der Waals surface area contributed by atoms with E-state index in [2.05, 4.69) is 5.10 Å². The van der Waals surface area contributed by atoms with Crippen LogP contribution in [-0.2, 0) is 6.18 Å². The van der Waals surface area contributed by atoms with E-state index in [4.69, 9.17) is 4.74 Å². The Morgan fingerprint density at radius 1 is 0.913 bits per heavy atom. The van der Waals surface area contributed by atoms with Crippen molar-refractivity contribution in [3.63, 3.8) is 0 Å². The third-order valence-electron chi connectivity index (χ3n) is 3.23. The molecule has 0 saturated carbocycles. The molecule has 1 heterocycles. The summed E-state index contributed by atoms with van der Waals surface area (Å²) in [6.07, 6.45) is -5.60. The van der Waals surface area contributed by atoms with Gasteiger partial charge in [-0.15, -0.1) is 0 Å².